The highest BCUT2D eigenvalue weighted by molar-refractivity contribution is 5.90. The molecule has 0 spiro atoms. The number of nitrogens with one attached hydrogen (secondary N) is 1. The van der Waals surface area contributed by atoms with Gasteiger partial charge in [0.15, 0.2) is 0 Å². The van der Waals surface area contributed by atoms with Gasteiger partial charge < -0.3 is 24.8 Å². The molecule has 2 N–H and O–H groups in total. The van der Waals surface area contributed by atoms with E-state index in [1.165, 1.54) is 31.2 Å². The number of hydrogen-bond donors (Lipinski definition) is 2. The summed E-state index contributed by atoms with van der Waals surface area (Å²) in [6, 6.07) is 13.7. The molecule has 2 rings (SSSR count). The van der Waals surface area contributed by atoms with Gasteiger partial charge in [-0.2, -0.15) is 0 Å². The van der Waals surface area contributed by atoms with Crippen molar-refractivity contribution >= 4 is 18.0 Å². The number of methoxy groups -OCH3 is 1. The number of amides is 2. The van der Waals surface area contributed by atoms with Gasteiger partial charge in [0.1, 0.15) is 23.4 Å². The summed E-state index contributed by atoms with van der Waals surface area (Å²) in [5, 5.41) is 12.2. The number of ether oxygens (including phenoxy) is 2. The van der Waals surface area contributed by atoms with E-state index in [0.717, 1.165) is 11.1 Å². The van der Waals surface area contributed by atoms with Crippen LogP contribution in [0.15, 0.2) is 54.6 Å². The summed E-state index contributed by atoms with van der Waals surface area (Å²) in [6.07, 6.45) is -0.325. The van der Waals surface area contributed by atoms with E-state index in [1.807, 2.05) is 30.3 Å². The Labute approximate surface area is 194 Å². The van der Waals surface area contributed by atoms with Crippen molar-refractivity contribution in [2.45, 2.75) is 51.3 Å². The number of phenols is 1. The second-order valence-corrected chi connectivity index (χ2v) is 8.75. The summed E-state index contributed by atoms with van der Waals surface area (Å²) < 4.78 is 10.3. The highest BCUT2D eigenvalue weighted by atomic mass is 16.6. The highest BCUT2D eigenvalue weighted by Gasteiger charge is 2.33. The summed E-state index contributed by atoms with van der Waals surface area (Å²) in [6.45, 7) is 5.20. The SMILES string of the molecule is COC(=O)[C@H](Cc1ccc(O)cc1)N(C)C(=O)[C@H](Cc1ccccc1)NC(=O)OC(C)(C)C. The quantitative estimate of drug-likeness (QED) is 0.592. The third-order valence-electron chi connectivity index (χ3n) is 4.93. The Morgan fingerprint density at radius 1 is 0.970 bits per heavy atom. The van der Waals surface area contributed by atoms with Crippen LogP contribution in [0.5, 0.6) is 5.75 Å². The molecule has 0 aliphatic heterocycles. The van der Waals surface area contributed by atoms with Gasteiger partial charge in [-0.1, -0.05) is 42.5 Å². The number of hydrogen-bond acceptors (Lipinski definition) is 6. The van der Waals surface area contributed by atoms with Crippen molar-refractivity contribution in [1.29, 1.82) is 0 Å². The Morgan fingerprint density at radius 3 is 2.09 bits per heavy atom. The van der Waals surface area contributed by atoms with Gasteiger partial charge in [-0.25, -0.2) is 9.59 Å². The van der Waals surface area contributed by atoms with Crippen molar-refractivity contribution < 1.29 is 29.0 Å². The number of alkyl carbamates (subject to hydrolysis) is 1. The second kappa shape index (κ2) is 11.4. The van der Waals surface area contributed by atoms with Crippen LogP contribution in [0.1, 0.15) is 31.9 Å². The molecule has 0 aliphatic rings. The third-order valence-corrected chi connectivity index (χ3v) is 4.93. The summed E-state index contributed by atoms with van der Waals surface area (Å²) in [5.41, 5.74) is 0.847. The topological polar surface area (TPSA) is 105 Å². The molecule has 0 aromatic heterocycles. The smallest absolute Gasteiger partial charge is 0.408 e. The van der Waals surface area contributed by atoms with Crippen LogP contribution in [0, 0.1) is 0 Å². The first-order valence-corrected chi connectivity index (χ1v) is 10.7. The largest absolute Gasteiger partial charge is 0.508 e. The molecule has 8 heteroatoms. The molecule has 2 atom stereocenters. The molecule has 0 bridgehead atoms. The van der Waals surface area contributed by atoms with E-state index in [-0.39, 0.29) is 18.6 Å². The zero-order valence-corrected chi connectivity index (χ0v) is 19.7. The van der Waals surface area contributed by atoms with Gasteiger partial charge in [0.25, 0.3) is 0 Å². The molecule has 2 aromatic rings. The Balaban J connectivity index is 2.28. The first-order chi connectivity index (χ1) is 15.5. The zero-order valence-electron chi connectivity index (χ0n) is 19.7. The number of benzene rings is 2. The minimum Gasteiger partial charge on any atom is -0.508 e. The van der Waals surface area contributed by atoms with E-state index in [0.29, 0.717) is 0 Å². The lowest BCUT2D eigenvalue weighted by Crippen LogP contribution is -2.54. The lowest BCUT2D eigenvalue weighted by molar-refractivity contribution is -0.152. The van der Waals surface area contributed by atoms with E-state index < -0.39 is 35.7 Å². The monoisotopic (exact) mass is 456 g/mol. The number of carbonyl (C=O) groups excluding carboxylic acids is 3. The van der Waals surface area contributed by atoms with Crippen LogP contribution in [0.2, 0.25) is 0 Å². The Hall–Kier alpha value is -3.55. The van der Waals surface area contributed by atoms with Crippen molar-refractivity contribution in [1.82, 2.24) is 10.2 Å². The maximum Gasteiger partial charge on any atom is 0.408 e. The first kappa shape index (κ1) is 25.7. The molecule has 178 valence electrons. The van der Waals surface area contributed by atoms with Crippen molar-refractivity contribution in [3.8, 4) is 5.75 Å². The van der Waals surface area contributed by atoms with Gasteiger partial charge in [-0.05, 0) is 44.0 Å². The minimum atomic E-state index is -0.959. The zero-order chi connectivity index (χ0) is 24.6. The Kier molecular flexibility index (Phi) is 8.85. The third kappa shape index (κ3) is 8.14. The number of esters is 1. The van der Waals surface area contributed by atoms with Crippen molar-refractivity contribution in [3.05, 3.63) is 65.7 Å². The predicted molar refractivity (Wildman–Crippen MR) is 124 cm³/mol. The number of carbonyl (C=O) groups is 3. The summed E-state index contributed by atoms with van der Waals surface area (Å²) in [7, 11) is 2.75. The highest BCUT2D eigenvalue weighted by Crippen LogP contribution is 2.16. The lowest BCUT2D eigenvalue weighted by atomic mass is 10.0. The van der Waals surface area contributed by atoms with Crippen LogP contribution in [-0.4, -0.2) is 59.8 Å². The number of likely N-dealkylation sites (N-methyl/N-ethyl adjacent to an activating group) is 1. The van der Waals surface area contributed by atoms with Crippen LogP contribution in [0.4, 0.5) is 4.79 Å². The molecule has 0 unspecified atom stereocenters. The maximum absolute atomic E-state index is 13.5. The fourth-order valence-electron chi connectivity index (χ4n) is 3.27. The number of aromatic hydroxyl groups is 1. The van der Waals surface area contributed by atoms with E-state index in [9.17, 15) is 19.5 Å². The number of nitrogens with zero attached hydrogens (tertiary/aromatic N) is 1. The van der Waals surface area contributed by atoms with E-state index in [1.54, 1.807) is 32.9 Å². The summed E-state index contributed by atoms with van der Waals surface area (Å²) in [5.74, 6) is -0.948. The van der Waals surface area contributed by atoms with Gasteiger partial charge in [-0.15, -0.1) is 0 Å². The predicted octanol–water partition coefficient (Wildman–Crippen LogP) is 3.07. The Morgan fingerprint density at radius 2 is 1.55 bits per heavy atom. The fourth-order valence-corrected chi connectivity index (χ4v) is 3.27. The van der Waals surface area contributed by atoms with E-state index >= 15 is 0 Å². The van der Waals surface area contributed by atoms with Crippen molar-refractivity contribution in [3.63, 3.8) is 0 Å². The fraction of sp³-hybridized carbons (Fsp3) is 0.400. The van der Waals surface area contributed by atoms with E-state index in [4.69, 9.17) is 9.47 Å². The average molecular weight is 457 g/mol. The normalized spacial score (nSPS) is 12.9. The number of phenolic OH excluding ortho intramolecular Hbond substituents is 1. The minimum absolute atomic E-state index is 0.0993. The molecule has 8 nitrogen and oxygen atoms in total. The van der Waals surface area contributed by atoms with E-state index in [2.05, 4.69) is 5.32 Å². The van der Waals surface area contributed by atoms with Crippen molar-refractivity contribution in [2.75, 3.05) is 14.2 Å². The van der Waals surface area contributed by atoms with Gasteiger partial charge >= 0.3 is 12.1 Å². The standard InChI is InChI=1S/C25H32N2O6/c1-25(2,3)33-24(31)26-20(15-17-9-7-6-8-10-17)22(29)27(4)21(23(30)32-5)16-18-11-13-19(28)14-12-18/h6-14,20-21,28H,15-16H2,1-5H3,(H,26,31)/t20-,21-/m0/s1. The molecule has 0 heterocycles. The molecular formula is C25H32N2O6. The molecule has 0 saturated heterocycles. The molecule has 2 amide bonds. The number of rotatable bonds is 8. The van der Waals surface area contributed by atoms with Gasteiger partial charge in [0.05, 0.1) is 7.11 Å². The molecular weight excluding hydrogens is 424 g/mol. The summed E-state index contributed by atoms with van der Waals surface area (Å²) >= 11 is 0. The summed E-state index contributed by atoms with van der Waals surface area (Å²) in [4.78, 5) is 39.7. The molecule has 0 radical (unpaired) electrons. The Bertz CT molecular complexity index is 938. The van der Waals surface area contributed by atoms with Crippen LogP contribution < -0.4 is 5.32 Å². The lowest BCUT2D eigenvalue weighted by Gasteiger charge is -2.30. The van der Waals surface area contributed by atoms with Crippen LogP contribution in [0.3, 0.4) is 0 Å². The van der Waals surface area contributed by atoms with Crippen molar-refractivity contribution in [2.24, 2.45) is 0 Å². The van der Waals surface area contributed by atoms with Gasteiger partial charge in [0, 0.05) is 19.9 Å². The van der Waals surface area contributed by atoms with Crippen LogP contribution >= 0.6 is 0 Å². The molecule has 0 aliphatic carbocycles. The average Bonchev–Trinajstić information content (AvgIpc) is 2.76. The van der Waals surface area contributed by atoms with Gasteiger partial charge in [0.2, 0.25) is 5.91 Å². The molecule has 0 saturated carbocycles. The van der Waals surface area contributed by atoms with Gasteiger partial charge in [-0.3, -0.25) is 4.79 Å². The molecule has 0 fully saturated rings. The van der Waals surface area contributed by atoms with Crippen LogP contribution in [0.25, 0.3) is 0 Å². The maximum atomic E-state index is 13.5. The first-order valence-electron chi connectivity index (χ1n) is 10.7. The molecule has 2 aromatic carbocycles. The second-order valence-electron chi connectivity index (χ2n) is 8.75. The van der Waals surface area contributed by atoms with Crippen LogP contribution in [-0.2, 0) is 31.9 Å². The molecule has 33 heavy (non-hydrogen) atoms.